The standard InChI is InChI=1S/C21H26N2O4/c1-15(19-8-5-13-27-19)23(18-10-11-18)21(26)22-17(9-12-20(24)25)14-16-6-3-2-4-7-16/h2-8,13,15,17-18H,9-12,14H2,1H3,(H,22,26)(H,24,25). The number of carbonyl (C=O) groups is 2. The Hall–Kier alpha value is -2.76. The Kier molecular flexibility index (Phi) is 6.16. The van der Waals surface area contributed by atoms with Crippen LogP contribution in [0.5, 0.6) is 0 Å². The number of carboxylic acid groups (broad SMARTS) is 1. The van der Waals surface area contributed by atoms with Crippen molar-refractivity contribution in [3.05, 3.63) is 60.1 Å². The first-order valence-corrected chi connectivity index (χ1v) is 9.42. The summed E-state index contributed by atoms with van der Waals surface area (Å²) >= 11 is 0. The van der Waals surface area contributed by atoms with E-state index in [0.717, 1.165) is 24.2 Å². The zero-order chi connectivity index (χ0) is 19.2. The minimum absolute atomic E-state index is 0.0228. The summed E-state index contributed by atoms with van der Waals surface area (Å²) in [4.78, 5) is 25.9. The minimum atomic E-state index is -0.856. The second-order valence-corrected chi connectivity index (χ2v) is 7.10. The quantitative estimate of drug-likeness (QED) is 0.699. The molecule has 0 aliphatic heterocycles. The summed E-state index contributed by atoms with van der Waals surface area (Å²) in [6.45, 7) is 1.96. The van der Waals surface area contributed by atoms with E-state index in [4.69, 9.17) is 9.52 Å². The van der Waals surface area contributed by atoms with Crippen LogP contribution < -0.4 is 5.32 Å². The topological polar surface area (TPSA) is 82.8 Å². The molecule has 27 heavy (non-hydrogen) atoms. The number of nitrogens with zero attached hydrogens (tertiary/aromatic N) is 1. The molecule has 0 saturated heterocycles. The normalized spacial score (nSPS) is 15.7. The van der Waals surface area contributed by atoms with Gasteiger partial charge in [-0.15, -0.1) is 0 Å². The van der Waals surface area contributed by atoms with Crippen LogP contribution in [0.2, 0.25) is 0 Å². The summed E-state index contributed by atoms with van der Waals surface area (Å²) in [5.74, 6) is -0.104. The maximum Gasteiger partial charge on any atom is 0.318 e. The second kappa shape index (κ2) is 8.75. The van der Waals surface area contributed by atoms with E-state index in [0.29, 0.717) is 12.8 Å². The van der Waals surface area contributed by atoms with Crippen molar-refractivity contribution in [3.63, 3.8) is 0 Å². The van der Waals surface area contributed by atoms with Crippen molar-refractivity contribution in [1.82, 2.24) is 10.2 Å². The van der Waals surface area contributed by atoms with Crippen LogP contribution in [-0.4, -0.2) is 34.1 Å². The fourth-order valence-corrected chi connectivity index (χ4v) is 3.35. The highest BCUT2D eigenvalue weighted by Crippen LogP contribution is 2.34. The first-order valence-electron chi connectivity index (χ1n) is 9.42. The highest BCUT2D eigenvalue weighted by molar-refractivity contribution is 5.76. The predicted octanol–water partition coefficient (Wildman–Crippen LogP) is 3.99. The fourth-order valence-electron chi connectivity index (χ4n) is 3.35. The molecule has 1 aromatic carbocycles. The van der Waals surface area contributed by atoms with Crippen molar-refractivity contribution in [3.8, 4) is 0 Å². The van der Waals surface area contributed by atoms with Crippen LogP contribution in [0.15, 0.2) is 53.1 Å². The van der Waals surface area contributed by atoms with Crippen LogP contribution in [0.3, 0.4) is 0 Å². The lowest BCUT2D eigenvalue weighted by Crippen LogP contribution is -2.47. The molecule has 1 saturated carbocycles. The number of furan rings is 1. The van der Waals surface area contributed by atoms with E-state index in [-0.39, 0.29) is 30.6 Å². The maximum atomic E-state index is 13.0. The van der Waals surface area contributed by atoms with E-state index < -0.39 is 5.97 Å². The van der Waals surface area contributed by atoms with Gasteiger partial charge in [0, 0.05) is 18.5 Å². The van der Waals surface area contributed by atoms with E-state index in [1.165, 1.54) is 0 Å². The molecule has 6 nitrogen and oxygen atoms in total. The van der Waals surface area contributed by atoms with Crippen molar-refractivity contribution in [1.29, 1.82) is 0 Å². The van der Waals surface area contributed by atoms with Gasteiger partial charge in [-0.3, -0.25) is 4.79 Å². The van der Waals surface area contributed by atoms with Crippen molar-refractivity contribution >= 4 is 12.0 Å². The van der Waals surface area contributed by atoms with Crippen LogP contribution >= 0.6 is 0 Å². The zero-order valence-corrected chi connectivity index (χ0v) is 15.5. The molecule has 2 atom stereocenters. The number of rotatable bonds is 9. The molecule has 1 fully saturated rings. The molecular formula is C21H26N2O4. The van der Waals surface area contributed by atoms with Crippen LogP contribution in [0.1, 0.15) is 50.0 Å². The maximum absolute atomic E-state index is 13.0. The van der Waals surface area contributed by atoms with Gasteiger partial charge in [-0.2, -0.15) is 0 Å². The number of nitrogens with one attached hydrogen (secondary N) is 1. The average Bonchev–Trinajstić information content (AvgIpc) is 3.32. The van der Waals surface area contributed by atoms with Crippen molar-refractivity contribution < 1.29 is 19.1 Å². The van der Waals surface area contributed by atoms with Gasteiger partial charge in [0.2, 0.25) is 0 Å². The molecule has 2 aromatic rings. The van der Waals surface area contributed by atoms with E-state index in [9.17, 15) is 9.59 Å². The van der Waals surface area contributed by atoms with Crippen LogP contribution in [0.25, 0.3) is 0 Å². The van der Waals surface area contributed by atoms with Gasteiger partial charge in [-0.25, -0.2) is 4.79 Å². The number of carbonyl (C=O) groups excluding carboxylic acids is 1. The third-order valence-corrected chi connectivity index (χ3v) is 4.91. The summed E-state index contributed by atoms with van der Waals surface area (Å²) in [7, 11) is 0. The molecule has 0 spiro atoms. The van der Waals surface area contributed by atoms with Gasteiger partial charge in [-0.05, 0) is 50.3 Å². The zero-order valence-electron chi connectivity index (χ0n) is 15.5. The van der Waals surface area contributed by atoms with E-state index in [1.807, 2.05) is 54.3 Å². The summed E-state index contributed by atoms with van der Waals surface area (Å²) in [6, 6.07) is 13.2. The molecule has 1 aromatic heterocycles. The molecule has 2 unspecified atom stereocenters. The summed E-state index contributed by atoms with van der Waals surface area (Å²) in [5, 5.41) is 12.1. The predicted molar refractivity (Wildman–Crippen MR) is 101 cm³/mol. The molecule has 2 N–H and O–H groups in total. The Balaban J connectivity index is 1.70. The number of benzene rings is 1. The molecule has 0 radical (unpaired) electrons. The average molecular weight is 370 g/mol. The third-order valence-electron chi connectivity index (χ3n) is 4.91. The number of hydrogen-bond donors (Lipinski definition) is 2. The molecule has 2 amide bonds. The van der Waals surface area contributed by atoms with Crippen LogP contribution in [0, 0.1) is 0 Å². The number of hydrogen-bond acceptors (Lipinski definition) is 3. The minimum Gasteiger partial charge on any atom is -0.481 e. The van der Waals surface area contributed by atoms with Gasteiger partial charge in [0.05, 0.1) is 12.3 Å². The van der Waals surface area contributed by atoms with Gasteiger partial charge in [0.1, 0.15) is 5.76 Å². The SMILES string of the molecule is CC(c1ccco1)N(C(=O)NC(CCC(=O)O)Cc1ccccc1)C1CC1. The lowest BCUT2D eigenvalue weighted by atomic mass is 10.0. The Bertz CT molecular complexity index is 741. The largest absolute Gasteiger partial charge is 0.481 e. The second-order valence-electron chi connectivity index (χ2n) is 7.10. The summed E-state index contributed by atoms with van der Waals surface area (Å²) in [6.07, 6.45) is 4.60. The molecule has 3 rings (SSSR count). The van der Waals surface area contributed by atoms with E-state index in [2.05, 4.69) is 5.32 Å². The lowest BCUT2D eigenvalue weighted by molar-refractivity contribution is -0.137. The first-order chi connectivity index (χ1) is 13.0. The monoisotopic (exact) mass is 370 g/mol. The van der Waals surface area contributed by atoms with Crippen molar-refractivity contribution in [2.45, 2.75) is 57.2 Å². The molecule has 6 heteroatoms. The smallest absolute Gasteiger partial charge is 0.318 e. The van der Waals surface area contributed by atoms with Gasteiger partial charge in [0.25, 0.3) is 0 Å². The number of aliphatic carboxylic acids is 1. The van der Waals surface area contributed by atoms with E-state index >= 15 is 0 Å². The Morgan fingerprint density at radius 3 is 2.56 bits per heavy atom. The first kappa shape index (κ1) is 19.0. The highest BCUT2D eigenvalue weighted by Gasteiger charge is 2.37. The van der Waals surface area contributed by atoms with Gasteiger partial charge < -0.3 is 19.7 Å². The molecular weight excluding hydrogens is 344 g/mol. The Morgan fingerprint density at radius 1 is 1.22 bits per heavy atom. The summed E-state index contributed by atoms with van der Waals surface area (Å²) < 4.78 is 5.48. The fraction of sp³-hybridized carbons (Fsp3) is 0.429. The molecule has 1 aliphatic carbocycles. The van der Waals surface area contributed by atoms with Gasteiger partial charge in [-0.1, -0.05) is 30.3 Å². The van der Waals surface area contributed by atoms with Crippen molar-refractivity contribution in [2.75, 3.05) is 0 Å². The van der Waals surface area contributed by atoms with Gasteiger partial charge in [0.15, 0.2) is 0 Å². The summed E-state index contributed by atoms with van der Waals surface area (Å²) in [5.41, 5.74) is 1.07. The van der Waals surface area contributed by atoms with Crippen LogP contribution in [-0.2, 0) is 11.2 Å². The third kappa shape index (κ3) is 5.36. The lowest BCUT2D eigenvalue weighted by Gasteiger charge is -2.30. The van der Waals surface area contributed by atoms with Crippen molar-refractivity contribution in [2.24, 2.45) is 0 Å². The Labute approximate surface area is 159 Å². The highest BCUT2D eigenvalue weighted by atomic mass is 16.4. The van der Waals surface area contributed by atoms with Crippen LogP contribution in [0.4, 0.5) is 4.79 Å². The number of urea groups is 1. The molecule has 1 heterocycles. The van der Waals surface area contributed by atoms with Gasteiger partial charge >= 0.3 is 12.0 Å². The van der Waals surface area contributed by atoms with E-state index in [1.54, 1.807) is 6.26 Å². The molecule has 1 aliphatic rings. The Morgan fingerprint density at radius 2 is 1.96 bits per heavy atom. The number of amides is 2. The number of carboxylic acids is 1. The molecule has 144 valence electrons. The molecule has 0 bridgehead atoms.